The van der Waals surface area contributed by atoms with E-state index in [0.29, 0.717) is 24.4 Å². The maximum absolute atomic E-state index is 11.9. The van der Waals surface area contributed by atoms with Crippen LogP contribution < -0.4 is 5.32 Å². The summed E-state index contributed by atoms with van der Waals surface area (Å²) >= 11 is 6.37. The fourth-order valence-electron chi connectivity index (χ4n) is 1.55. The van der Waals surface area contributed by atoms with E-state index in [1.807, 2.05) is 12.3 Å². The van der Waals surface area contributed by atoms with E-state index >= 15 is 0 Å². The SMILES string of the molecule is CCOC(=O)c1c(C)nsc1NCc1cc(Br)cs1. The molecule has 0 aliphatic rings. The van der Waals surface area contributed by atoms with Crippen LogP contribution in [0.3, 0.4) is 0 Å². The Hall–Kier alpha value is -0.920. The Balaban J connectivity index is 2.10. The van der Waals surface area contributed by atoms with Gasteiger partial charge in [-0.15, -0.1) is 11.3 Å². The maximum Gasteiger partial charge on any atom is 0.343 e. The van der Waals surface area contributed by atoms with E-state index in [0.717, 1.165) is 9.47 Å². The molecule has 0 fully saturated rings. The molecule has 0 aromatic carbocycles. The summed E-state index contributed by atoms with van der Waals surface area (Å²) in [6, 6.07) is 2.05. The highest BCUT2D eigenvalue weighted by atomic mass is 79.9. The summed E-state index contributed by atoms with van der Waals surface area (Å²) in [5.41, 5.74) is 1.25. The summed E-state index contributed by atoms with van der Waals surface area (Å²) in [5, 5.41) is 6.04. The summed E-state index contributed by atoms with van der Waals surface area (Å²) in [5.74, 6) is -0.316. The van der Waals surface area contributed by atoms with E-state index in [1.165, 1.54) is 16.4 Å². The van der Waals surface area contributed by atoms with Gasteiger partial charge in [-0.25, -0.2) is 4.79 Å². The lowest BCUT2D eigenvalue weighted by Gasteiger charge is -2.05. The third-order valence-electron chi connectivity index (χ3n) is 2.39. The molecule has 0 amide bonds. The van der Waals surface area contributed by atoms with Crippen molar-refractivity contribution in [2.75, 3.05) is 11.9 Å². The normalized spacial score (nSPS) is 10.5. The van der Waals surface area contributed by atoms with Crippen LogP contribution in [0, 0.1) is 6.92 Å². The van der Waals surface area contributed by atoms with Gasteiger partial charge in [0.15, 0.2) is 0 Å². The standard InChI is InChI=1S/C12H13BrN2O2S2/c1-3-17-12(16)10-7(2)15-19-11(10)14-5-9-4-8(13)6-18-9/h4,6,14H,3,5H2,1-2H3. The highest BCUT2D eigenvalue weighted by Crippen LogP contribution is 2.27. The minimum atomic E-state index is -0.316. The van der Waals surface area contributed by atoms with Crippen molar-refractivity contribution in [3.05, 3.63) is 32.1 Å². The number of esters is 1. The van der Waals surface area contributed by atoms with Gasteiger partial charge in [-0.05, 0) is 47.4 Å². The van der Waals surface area contributed by atoms with E-state index in [-0.39, 0.29) is 5.97 Å². The van der Waals surface area contributed by atoms with Crippen molar-refractivity contribution in [2.45, 2.75) is 20.4 Å². The van der Waals surface area contributed by atoms with Crippen LogP contribution in [0.25, 0.3) is 0 Å². The number of halogens is 1. The van der Waals surface area contributed by atoms with Gasteiger partial charge in [0.05, 0.1) is 18.8 Å². The van der Waals surface area contributed by atoms with Crippen LogP contribution in [-0.4, -0.2) is 16.9 Å². The van der Waals surface area contributed by atoms with Crippen LogP contribution in [-0.2, 0) is 11.3 Å². The van der Waals surface area contributed by atoms with Crippen LogP contribution in [0.4, 0.5) is 5.00 Å². The average molecular weight is 361 g/mol. The first-order valence-corrected chi connectivity index (χ1v) is 8.16. The molecule has 102 valence electrons. The molecular weight excluding hydrogens is 348 g/mol. The van der Waals surface area contributed by atoms with E-state index in [2.05, 4.69) is 31.7 Å². The van der Waals surface area contributed by atoms with Crippen molar-refractivity contribution in [3.63, 3.8) is 0 Å². The third kappa shape index (κ3) is 3.55. The molecule has 0 aliphatic heterocycles. The highest BCUT2D eigenvalue weighted by molar-refractivity contribution is 9.10. The predicted octanol–water partition coefficient (Wildman–Crippen LogP) is 4.06. The summed E-state index contributed by atoms with van der Waals surface area (Å²) in [7, 11) is 0. The number of hydrogen-bond acceptors (Lipinski definition) is 6. The zero-order chi connectivity index (χ0) is 13.8. The van der Waals surface area contributed by atoms with Crippen LogP contribution in [0.15, 0.2) is 15.9 Å². The van der Waals surface area contributed by atoms with E-state index in [1.54, 1.807) is 18.3 Å². The lowest BCUT2D eigenvalue weighted by molar-refractivity contribution is 0.0527. The van der Waals surface area contributed by atoms with Crippen LogP contribution in [0.2, 0.25) is 0 Å². The van der Waals surface area contributed by atoms with Crippen LogP contribution >= 0.6 is 38.8 Å². The van der Waals surface area contributed by atoms with Crippen molar-refractivity contribution < 1.29 is 9.53 Å². The Morgan fingerprint density at radius 1 is 1.58 bits per heavy atom. The van der Waals surface area contributed by atoms with Gasteiger partial charge in [0.25, 0.3) is 0 Å². The molecule has 2 heterocycles. The molecule has 1 N–H and O–H groups in total. The molecule has 0 unspecified atom stereocenters. The second-order valence-electron chi connectivity index (χ2n) is 3.78. The zero-order valence-electron chi connectivity index (χ0n) is 10.5. The van der Waals surface area contributed by atoms with Crippen molar-refractivity contribution >= 4 is 49.8 Å². The number of nitrogens with one attached hydrogen (secondary N) is 1. The summed E-state index contributed by atoms with van der Waals surface area (Å²) in [4.78, 5) is 13.1. The minimum absolute atomic E-state index is 0.316. The van der Waals surface area contributed by atoms with Gasteiger partial charge >= 0.3 is 5.97 Å². The van der Waals surface area contributed by atoms with E-state index in [4.69, 9.17) is 4.74 Å². The molecule has 0 bridgehead atoms. The number of anilines is 1. The fourth-order valence-corrected chi connectivity index (χ4v) is 3.72. The number of nitrogens with zero attached hydrogens (tertiary/aromatic N) is 1. The molecule has 2 aromatic rings. The van der Waals surface area contributed by atoms with E-state index < -0.39 is 0 Å². The van der Waals surface area contributed by atoms with Gasteiger partial charge in [0.2, 0.25) is 0 Å². The summed E-state index contributed by atoms with van der Waals surface area (Å²) < 4.78 is 10.3. The second-order valence-corrected chi connectivity index (χ2v) is 6.46. The van der Waals surface area contributed by atoms with Gasteiger partial charge in [0, 0.05) is 14.7 Å². The van der Waals surface area contributed by atoms with Crippen molar-refractivity contribution in [2.24, 2.45) is 0 Å². The lowest BCUT2D eigenvalue weighted by atomic mass is 10.2. The van der Waals surface area contributed by atoms with Gasteiger partial charge in [-0.3, -0.25) is 0 Å². The monoisotopic (exact) mass is 360 g/mol. The molecule has 0 radical (unpaired) electrons. The van der Waals surface area contributed by atoms with Crippen molar-refractivity contribution in [1.29, 1.82) is 0 Å². The zero-order valence-corrected chi connectivity index (χ0v) is 13.7. The van der Waals surface area contributed by atoms with Crippen molar-refractivity contribution in [1.82, 2.24) is 4.37 Å². The van der Waals surface area contributed by atoms with Crippen molar-refractivity contribution in [3.8, 4) is 0 Å². The number of carbonyl (C=O) groups is 1. The summed E-state index contributed by atoms with van der Waals surface area (Å²) in [6.45, 7) is 4.65. The van der Waals surface area contributed by atoms with Crippen LogP contribution in [0.1, 0.15) is 27.9 Å². The van der Waals surface area contributed by atoms with Gasteiger partial charge < -0.3 is 10.1 Å². The molecule has 0 saturated carbocycles. The Morgan fingerprint density at radius 3 is 3.00 bits per heavy atom. The Morgan fingerprint density at radius 2 is 2.37 bits per heavy atom. The molecule has 0 aliphatic carbocycles. The molecule has 4 nitrogen and oxygen atoms in total. The van der Waals surface area contributed by atoms with Gasteiger partial charge in [-0.2, -0.15) is 4.37 Å². The van der Waals surface area contributed by atoms with Gasteiger partial charge in [0.1, 0.15) is 10.6 Å². The first-order chi connectivity index (χ1) is 9.11. The predicted molar refractivity (Wildman–Crippen MR) is 82.2 cm³/mol. The lowest BCUT2D eigenvalue weighted by Crippen LogP contribution is -2.08. The fraction of sp³-hybridized carbons (Fsp3) is 0.333. The number of rotatable bonds is 5. The Kier molecular flexibility index (Phi) is 4.95. The van der Waals surface area contributed by atoms with Crippen LogP contribution in [0.5, 0.6) is 0 Å². The second kappa shape index (κ2) is 6.49. The largest absolute Gasteiger partial charge is 0.462 e. The molecule has 7 heteroatoms. The maximum atomic E-state index is 11.9. The first-order valence-electron chi connectivity index (χ1n) is 5.72. The summed E-state index contributed by atoms with van der Waals surface area (Å²) in [6.07, 6.45) is 0. The highest BCUT2D eigenvalue weighted by Gasteiger charge is 2.19. The quantitative estimate of drug-likeness (QED) is 0.816. The number of carbonyl (C=O) groups excluding carboxylic acids is 1. The number of aryl methyl sites for hydroxylation is 1. The average Bonchev–Trinajstić information content (AvgIpc) is 2.93. The molecule has 2 rings (SSSR count). The molecule has 0 spiro atoms. The van der Waals surface area contributed by atoms with Gasteiger partial charge in [-0.1, -0.05) is 0 Å². The minimum Gasteiger partial charge on any atom is -0.462 e. The van der Waals surface area contributed by atoms with E-state index in [9.17, 15) is 4.79 Å². The number of aromatic nitrogens is 1. The molecule has 0 atom stereocenters. The molecule has 19 heavy (non-hydrogen) atoms. The number of hydrogen-bond donors (Lipinski definition) is 1. The number of thiophene rings is 1. The third-order valence-corrected chi connectivity index (χ3v) is 4.98. The Labute approximate surface area is 128 Å². The smallest absolute Gasteiger partial charge is 0.343 e. The number of ether oxygens (including phenoxy) is 1. The first kappa shape index (κ1) is 14.5. The molecule has 0 saturated heterocycles. The molecule has 2 aromatic heterocycles. The Bertz CT molecular complexity index is 580. The molecular formula is C12H13BrN2O2S2. The topological polar surface area (TPSA) is 51.2 Å².